The number of aromatic nitrogens is 3. The number of hydrogen-bond donors (Lipinski definition) is 2. The number of carbonyl (C=O) groups is 2. The van der Waals surface area contributed by atoms with Crippen molar-refractivity contribution in [1.29, 1.82) is 0 Å². The third-order valence-electron chi connectivity index (χ3n) is 4.59. The number of thiophene rings is 1. The predicted molar refractivity (Wildman–Crippen MR) is 106 cm³/mol. The summed E-state index contributed by atoms with van der Waals surface area (Å²) >= 11 is 3.02. The lowest BCUT2D eigenvalue weighted by atomic mass is 9.96. The Kier molecular flexibility index (Phi) is 5.04. The molecule has 0 bridgehead atoms. The van der Waals surface area contributed by atoms with Crippen molar-refractivity contribution in [2.45, 2.75) is 19.8 Å². The van der Waals surface area contributed by atoms with Crippen molar-refractivity contribution >= 4 is 39.6 Å². The minimum Gasteiger partial charge on any atom is -0.337 e. The van der Waals surface area contributed by atoms with Gasteiger partial charge < -0.3 is 10.2 Å². The van der Waals surface area contributed by atoms with Gasteiger partial charge in [0.05, 0.1) is 16.3 Å². The molecule has 1 aliphatic rings. The van der Waals surface area contributed by atoms with Crippen molar-refractivity contribution in [3.8, 4) is 10.6 Å². The van der Waals surface area contributed by atoms with E-state index in [1.807, 2.05) is 29.8 Å². The highest BCUT2D eigenvalue weighted by Crippen LogP contribution is 2.25. The number of carbonyl (C=O) groups excluding carboxylic acids is 2. The highest BCUT2D eigenvalue weighted by atomic mass is 32.1. The van der Waals surface area contributed by atoms with Crippen LogP contribution in [0.2, 0.25) is 0 Å². The number of anilines is 1. The number of likely N-dealkylation sites (tertiary alicyclic amines) is 1. The van der Waals surface area contributed by atoms with Crippen LogP contribution in [0.25, 0.3) is 10.6 Å². The lowest BCUT2D eigenvalue weighted by Gasteiger charge is -2.30. The van der Waals surface area contributed by atoms with E-state index in [1.165, 1.54) is 11.3 Å². The van der Waals surface area contributed by atoms with Crippen LogP contribution in [-0.2, 0) is 4.79 Å². The van der Waals surface area contributed by atoms with Crippen LogP contribution in [-0.4, -0.2) is 45.0 Å². The molecule has 27 heavy (non-hydrogen) atoms. The maximum atomic E-state index is 12.7. The van der Waals surface area contributed by atoms with Crippen LogP contribution in [0.5, 0.6) is 0 Å². The van der Waals surface area contributed by atoms with Crippen LogP contribution in [0.4, 0.5) is 5.13 Å². The number of thiazole rings is 1. The second-order valence-corrected chi connectivity index (χ2v) is 8.30. The largest absolute Gasteiger partial charge is 0.337 e. The van der Waals surface area contributed by atoms with E-state index < -0.39 is 0 Å². The van der Waals surface area contributed by atoms with E-state index in [1.54, 1.807) is 22.3 Å². The summed E-state index contributed by atoms with van der Waals surface area (Å²) in [6.45, 7) is 3.00. The highest BCUT2D eigenvalue weighted by molar-refractivity contribution is 7.14. The zero-order valence-corrected chi connectivity index (χ0v) is 16.4. The molecule has 0 radical (unpaired) electrons. The van der Waals surface area contributed by atoms with Gasteiger partial charge in [0.1, 0.15) is 0 Å². The summed E-state index contributed by atoms with van der Waals surface area (Å²) in [6, 6.07) is 5.74. The monoisotopic (exact) mass is 401 g/mol. The molecular weight excluding hydrogens is 382 g/mol. The molecule has 0 saturated carbocycles. The second-order valence-electron chi connectivity index (χ2n) is 6.49. The third-order valence-corrected chi connectivity index (χ3v) is 6.36. The zero-order chi connectivity index (χ0) is 18.8. The van der Waals surface area contributed by atoms with Gasteiger partial charge in [0, 0.05) is 24.4 Å². The third kappa shape index (κ3) is 3.93. The summed E-state index contributed by atoms with van der Waals surface area (Å²) in [4.78, 5) is 32.2. The smallest absolute Gasteiger partial charge is 0.274 e. The van der Waals surface area contributed by atoms with Gasteiger partial charge in [0.25, 0.3) is 5.91 Å². The first-order valence-corrected chi connectivity index (χ1v) is 10.5. The number of H-pyrrole nitrogens is 1. The van der Waals surface area contributed by atoms with Crippen LogP contribution >= 0.6 is 22.7 Å². The average molecular weight is 402 g/mol. The van der Waals surface area contributed by atoms with Crippen molar-refractivity contribution in [2.75, 3.05) is 18.4 Å². The maximum absolute atomic E-state index is 12.7. The average Bonchev–Trinajstić information content (AvgIpc) is 3.43. The number of nitrogens with zero attached hydrogens (tertiary/aromatic N) is 3. The highest BCUT2D eigenvalue weighted by Gasteiger charge is 2.29. The Bertz CT molecular complexity index is 939. The predicted octanol–water partition coefficient (Wildman–Crippen LogP) is 3.39. The molecule has 9 heteroatoms. The van der Waals surface area contributed by atoms with Crippen molar-refractivity contribution in [3.05, 3.63) is 40.3 Å². The second kappa shape index (κ2) is 7.61. The summed E-state index contributed by atoms with van der Waals surface area (Å²) in [7, 11) is 0. The first-order valence-electron chi connectivity index (χ1n) is 8.71. The Balaban J connectivity index is 1.33. The Morgan fingerprint density at radius 3 is 2.78 bits per heavy atom. The van der Waals surface area contributed by atoms with Crippen LogP contribution in [0.3, 0.4) is 0 Å². The number of nitrogens with one attached hydrogen (secondary N) is 2. The number of aromatic amines is 1. The number of aryl methyl sites for hydroxylation is 1. The van der Waals surface area contributed by atoms with Gasteiger partial charge in [-0.3, -0.25) is 14.7 Å². The van der Waals surface area contributed by atoms with E-state index in [-0.39, 0.29) is 17.7 Å². The Morgan fingerprint density at radius 1 is 1.30 bits per heavy atom. The fraction of sp³-hybridized carbons (Fsp3) is 0.333. The first kappa shape index (κ1) is 17.9. The molecule has 7 nitrogen and oxygen atoms in total. The van der Waals surface area contributed by atoms with Crippen molar-refractivity contribution in [3.63, 3.8) is 0 Å². The molecule has 3 aromatic rings. The van der Waals surface area contributed by atoms with Crippen molar-refractivity contribution in [2.24, 2.45) is 5.92 Å². The maximum Gasteiger partial charge on any atom is 0.274 e. The van der Waals surface area contributed by atoms with Gasteiger partial charge in [-0.05, 0) is 37.3 Å². The molecule has 1 fully saturated rings. The molecule has 2 amide bonds. The molecule has 4 heterocycles. The van der Waals surface area contributed by atoms with Crippen LogP contribution < -0.4 is 5.32 Å². The van der Waals surface area contributed by atoms with Gasteiger partial charge in [-0.25, -0.2) is 4.98 Å². The summed E-state index contributed by atoms with van der Waals surface area (Å²) in [5.41, 5.74) is 2.16. The van der Waals surface area contributed by atoms with Gasteiger partial charge >= 0.3 is 0 Å². The number of piperidine rings is 1. The van der Waals surface area contributed by atoms with Gasteiger partial charge in [0.15, 0.2) is 10.8 Å². The normalized spacial score (nSPS) is 15.1. The van der Waals surface area contributed by atoms with E-state index in [9.17, 15) is 9.59 Å². The van der Waals surface area contributed by atoms with Crippen LogP contribution in [0.15, 0.2) is 29.0 Å². The molecule has 0 spiro atoms. The van der Waals surface area contributed by atoms with E-state index in [4.69, 9.17) is 0 Å². The fourth-order valence-electron chi connectivity index (χ4n) is 3.11. The SMILES string of the molecule is Cc1csc(NC(=O)C2CCN(C(=O)c3cc(-c4cccs4)[nH]n3)CC2)n1. The Morgan fingerprint density at radius 2 is 2.11 bits per heavy atom. The van der Waals surface area contributed by atoms with E-state index >= 15 is 0 Å². The minimum absolute atomic E-state index is 0.0174. The van der Waals surface area contributed by atoms with Gasteiger partial charge in [-0.1, -0.05) is 6.07 Å². The molecule has 140 valence electrons. The van der Waals surface area contributed by atoms with E-state index in [0.29, 0.717) is 36.8 Å². The Labute approximate surface area is 164 Å². The molecule has 0 aliphatic carbocycles. The Hall–Kier alpha value is -2.52. The van der Waals surface area contributed by atoms with Crippen LogP contribution in [0, 0.1) is 12.8 Å². The summed E-state index contributed by atoms with van der Waals surface area (Å²) < 4.78 is 0. The topological polar surface area (TPSA) is 91.0 Å². The quantitative estimate of drug-likeness (QED) is 0.701. The number of hydrogen-bond acceptors (Lipinski definition) is 6. The minimum atomic E-state index is -0.0980. The van der Waals surface area contributed by atoms with Crippen molar-refractivity contribution in [1.82, 2.24) is 20.1 Å². The molecule has 0 atom stereocenters. The van der Waals surface area contributed by atoms with Gasteiger partial charge in [0.2, 0.25) is 5.91 Å². The zero-order valence-electron chi connectivity index (χ0n) is 14.8. The van der Waals surface area contributed by atoms with Gasteiger partial charge in [-0.2, -0.15) is 5.10 Å². The molecule has 2 N–H and O–H groups in total. The molecule has 1 saturated heterocycles. The van der Waals surface area contributed by atoms with Gasteiger partial charge in [-0.15, -0.1) is 22.7 Å². The lowest BCUT2D eigenvalue weighted by Crippen LogP contribution is -2.41. The first-order chi connectivity index (χ1) is 13.1. The fourth-order valence-corrected chi connectivity index (χ4v) is 4.50. The molecule has 0 unspecified atom stereocenters. The summed E-state index contributed by atoms with van der Waals surface area (Å²) in [5, 5.41) is 14.5. The number of rotatable bonds is 4. The summed E-state index contributed by atoms with van der Waals surface area (Å²) in [5.74, 6) is -0.209. The van der Waals surface area contributed by atoms with E-state index in [2.05, 4.69) is 20.5 Å². The lowest BCUT2D eigenvalue weighted by molar-refractivity contribution is -0.121. The molecule has 1 aliphatic heterocycles. The van der Waals surface area contributed by atoms with Crippen molar-refractivity contribution < 1.29 is 9.59 Å². The standard InChI is InChI=1S/C18H19N5O2S2/c1-11-10-27-18(19-11)20-16(24)12-4-6-23(7-5-12)17(25)14-9-13(21-22-14)15-3-2-8-26-15/h2-3,8-10,12H,4-7H2,1H3,(H,21,22)(H,19,20,24). The molecule has 4 rings (SSSR count). The number of amides is 2. The van der Waals surface area contributed by atoms with E-state index in [0.717, 1.165) is 16.3 Å². The molecule has 0 aromatic carbocycles. The molecular formula is C18H19N5O2S2. The summed E-state index contributed by atoms with van der Waals surface area (Å²) in [6.07, 6.45) is 1.29. The molecule has 3 aromatic heterocycles. The van der Waals surface area contributed by atoms with Crippen LogP contribution in [0.1, 0.15) is 29.0 Å².